The Morgan fingerprint density at radius 2 is 2.12 bits per heavy atom. The molecule has 0 saturated heterocycles. The summed E-state index contributed by atoms with van der Waals surface area (Å²) in [6.45, 7) is 4.09. The van der Waals surface area contributed by atoms with Gasteiger partial charge in [0.25, 0.3) is 0 Å². The Balaban J connectivity index is 1.85. The van der Waals surface area contributed by atoms with E-state index in [4.69, 9.17) is 0 Å². The van der Waals surface area contributed by atoms with Crippen LogP contribution >= 0.6 is 23.1 Å². The number of benzene rings is 1. The topological polar surface area (TPSA) is 24.9 Å². The molecule has 0 saturated carbocycles. The summed E-state index contributed by atoms with van der Waals surface area (Å²) in [5.41, 5.74) is 3.23. The van der Waals surface area contributed by atoms with Gasteiger partial charge in [0.15, 0.2) is 0 Å². The van der Waals surface area contributed by atoms with Crippen molar-refractivity contribution < 1.29 is 0 Å². The molecule has 90 valence electrons. The van der Waals surface area contributed by atoms with E-state index in [2.05, 4.69) is 41.5 Å². The summed E-state index contributed by atoms with van der Waals surface area (Å²) in [5, 5.41) is 3.32. The number of hydrogen-bond acceptors (Lipinski definition) is 4. The first-order chi connectivity index (χ1) is 8.38. The number of nitrogens with one attached hydrogen (secondary N) is 1. The Kier molecular flexibility index (Phi) is 5.04. The fourth-order valence-corrected chi connectivity index (χ4v) is 2.98. The van der Waals surface area contributed by atoms with Crippen LogP contribution in [0.1, 0.15) is 17.4 Å². The highest BCUT2D eigenvalue weighted by Gasteiger charge is 1.98. The largest absolute Gasteiger partial charge is 0.313 e. The van der Waals surface area contributed by atoms with Crippen molar-refractivity contribution >= 4 is 23.1 Å². The van der Waals surface area contributed by atoms with Crippen molar-refractivity contribution in [1.29, 1.82) is 0 Å². The molecule has 0 aliphatic carbocycles. The highest BCUT2D eigenvalue weighted by molar-refractivity contribution is 7.98. The third-order valence-corrected chi connectivity index (χ3v) is 4.39. The van der Waals surface area contributed by atoms with Crippen LogP contribution in [0, 0.1) is 0 Å². The first-order valence-corrected chi connectivity index (χ1v) is 7.55. The fourth-order valence-electron chi connectivity index (χ4n) is 1.44. The van der Waals surface area contributed by atoms with Crippen molar-refractivity contribution in [1.82, 2.24) is 10.3 Å². The number of hydrogen-bond donors (Lipinski definition) is 1. The molecule has 2 nitrogen and oxygen atoms in total. The van der Waals surface area contributed by atoms with Crippen LogP contribution in [0.3, 0.4) is 0 Å². The minimum atomic E-state index is 0.955. The molecule has 0 bridgehead atoms. The van der Waals surface area contributed by atoms with Gasteiger partial charge in [-0.15, -0.1) is 23.1 Å². The van der Waals surface area contributed by atoms with E-state index in [9.17, 15) is 0 Å². The molecule has 0 atom stereocenters. The van der Waals surface area contributed by atoms with Crippen LogP contribution in [0.25, 0.3) is 0 Å². The van der Waals surface area contributed by atoms with Gasteiger partial charge in [0, 0.05) is 28.3 Å². The molecular weight excluding hydrogens is 248 g/mol. The molecule has 2 aromatic rings. The lowest BCUT2D eigenvalue weighted by atomic mass is 10.2. The average molecular weight is 264 g/mol. The van der Waals surface area contributed by atoms with Crippen molar-refractivity contribution in [2.45, 2.75) is 24.1 Å². The minimum Gasteiger partial charge on any atom is -0.313 e. The first-order valence-electron chi connectivity index (χ1n) is 5.68. The Morgan fingerprint density at radius 3 is 2.76 bits per heavy atom. The molecule has 17 heavy (non-hydrogen) atoms. The Hall–Kier alpha value is -0.840. The van der Waals surface area contributed by atoms with Crippen LogP contribution in [0.5, 0.6) is 0 Å². The Morgan fingerprint density at radius 1 is 1.29 bits per heavy atom. The third-order valence-electron chi connectivity index (χ3n) is 2.37. The molecule has 2 rings (SSSR count). The van der Waals surface area contributed by atoms with Gasteiger partial charge in [-0.3, -0.25) is 4.98 Å². The molecular formula is C13H16N2S2. The van der Waals surface area contributed by atoms with Gasteiger partial charge in [-0.05, 0) is 24.2 Å². The van der Waals surface area contributed by atoms with Gasteiger partial charge in [0.1, 0.15) is 0 Å². The molecule has 0 spiro atoms. The maximum Gasteiger partial charge on any atom is 0.0794 e. The quantitative estimate of drug-likeness (QED) is 0.808. The van der Waals surface area contributed by atoms with Gasteiger partial charge in [0.05, 0.1) is 5.51 Å². The lowest BCUT2D eigenvalue weighted by Gasteiger charge is -2.04. The van der Waals surface area contributed by atoms with Gasteiger partial charge < -0.3 is 5.32 Å². The lowest BCUT2D eigenvalue weighted by molar-refractivity contribution is 0.726. The summed E-state index contributed by atoms with van der Waals surface area (Å²) >= 11 is 3.58. The Labute approximate surface area is 110 Å². The van der Waals surface area contributed by atoms with E-state index in [1.165, 1.54) is 15.3 Å². The highest BCUT2D eigenvalue weighted by atomic mass is 32.2. The summed E-state index contributed by atoms with van der Waals surface area (Å²) in [5.74, 6) is 1.01. The summed E-state index contributed by atoms with van der Waals surface area (Å²) in [6, 6.07) is 8.77. The number of thiazole rings is 1. The second-order valence-electron chi connectivity index (χ2n) is 3.68. The monoisotopic (exact) mass is 264 g/mol. The maximum atomic E-state index is 4.08. The predicted octanol–water partition coefficient (Wildman–Crippen LogP) is 3.54. The zero-order valence-electron chi connectivity index (χ0n) is 9.85. The molecule has 1 aromatic heterocycles. The van der Waals surface area contributed by atoms with Crippen LogP contribution in [0.4, 0.5) is 0 Å². The van der Waals surface area contributed by atoms with Crippen molar-refractivity contribution in [2.24, 2.45) is 0 Å². The van der Waals surface area contributed by atoms with Crippen molar-refractivity contribution in [3.63, 3.8) is 0 Å². The summed E-state index contributed by atoms with van der Waals surface area (Å²) in [7, 11) is 0. The van der Waals surface area contributed by atoms with Crippen LogP contribution in [0.2, 0.25) is 0 Å². The summed E-state index contributed by atoms with van der Waals surface area (Å²) in [6.07, 6.45) is 1.94. The van der Waals surface area contributed by atoms with Gasteiger partial charge in [-0.1, -0.05) is 19.1 Å². The SMILES string of the molecule is CCNCc1ccc(SCc2cncs2)cc1. The number of rotatable bonds is 6. The zero-order chi connectivity index (χ0) is 11.9. The second-order valence-corrected chi connectivity index (χ2v) is 5.70. The second kappa shape index (κ2) is 6.79. The molecule has 1 heterocycles. The van der Waals surface area contributed by atoms with Gasteiger partial charge in [-0.25, -0.2) is 0 Å². The van der Waals surface area contributed by atoms with E-state index in [1.54, 1.807) is 11.3 Å². The third kappa shape index (κ3) is 4.15. The van der Waals surface area contributed by atoms with Crippen LogP contribution < -0.4 is 5.32 Å². The van der Waals surface area contributed by atoms with E-state index >= 15 is 0 Å². The first kappa shape index (κ1) is 12.6. The van der Waals surface area contributed by atoms with Crippen LogP contribution in [0.15, 0.2) is 40.9 Å². The van der Waals surface area contributed by atoms with E-state index in [0.717, 1.165) is 18.8 Å². The van der Waals surface area contributed by atoms with Crippen LogP contribution in [-0.4, -0.2) is 11.5 Å². The molecule has 0 aliphatic heterocycles. The maximum absolute atomic E-state index is 4.08. The molecule has 0 unspecified atom stereocenters. The van der Waals surface area contributed by atoms with Crippen molar-refractivity contribution in [3.05, 3.63) is 46.4 Å². The smallest absolute Gasteiger partial charge is 0.0794 e. The zero-order valence-corrected chi connectivity index (χ0v) is 11.5. The fraction of sp³-hybridized carbons (Fsp3) is 0.308. The van der Waals surface area contributed by atoms with Crippen LogP contribution in [-0.2, 0) is 12.3 Å². The summed E-state index contributed by atoms with van der Waals surface area (Å²) in [4.78, 5) is 6.72. The standard InChI is InChI=1S/C13H16N2S2/c1-2-14-7-11-3-5-12(6-4-11)16-9-13-8-15-10-17-13/h3-6,8,10,14H,2,7,9H2,1H3. The minimum absolute atomic E-state index is 0.955. The normalized spacial score (nSPS) is 10.6. The van der Waals surface area contributed by atoms with Crippen molar-refractivity contribution in [2.75, 3.05) is 6.54 Å². The van der Waals surface area contributed by atoms with E-state index in [1.807, 2.05) is 23.5 Å². The average Bonchev–Trinajstić information content (AvgIpc) is 2.88. The molecule has 4 heteroatoms. The number of aromatic nitrogens is 1. The Bertz CT molecular complexity index is 423. The summed E-state index contributed by atoms with van der Waals surface area (Å²) < 4.78 is 0. The van der Waals surface area contributed by atoms with Crippen molar-refractivity contribution in [3.8, 4) is 0 Å². The lowest BCUT2D eigenvalue weighted by Crippen LogP contribution is -2.11. The van der Waals surface area contributed by atoms with Gasteiger partial charge in [-0.2, -0.15) is 0 Å². The molecule has 1 aromatic carbocycles. The van der Waals surface area contributed by atoms with Gasteiger partial charge in [0.2, 0.25) is 0 Å². The van der Waals surface area contributed by atoms with E-state index in [-0.39, 0.29) is 0 Å². The molecule has 0 fully saturated rings. The number of nitrogens with zero attached hydrogens (tertiary/aromatic N) is 1. The molecule has 0 radical (unpaired) electrons. The molecule has 0 aliphatic rings. The molecule has 1 N–H and O–H groups in total. The van der Waals surface area contributed by atoms with E-state index in [0.29, 0.717) is 0 Å². The highest BCUT2D eigenvalue weighted by Crippen LogP contribution is 2.24. The van der Waals surface area contributed by atoms with E-state index < -0.39 is 0 Å². The molecule has 0 amide bonds. The number of thioether (sulfide) groups is 1. The van der Waals surface area contributed by atoms with Gasteiger partial charge >= 0.3 is 0 Å². The predicted molar refractivity (Wildman–Crippen MR) is 75.5 cm³/mol.